The van der Waals surface area contributed by atoms with Crippen molar-refractivity contribution in [2.75, 3.05) is 5.75 Å². The summed E-state index contributed by atoms with van der Waals surface area (Å²) in [5.41, 5.74) is 0.874. The van der Waals surface area contributed by atoms with Crippen LogP contribution in [-0.2, 0) is 26.0 Å². The van der Waals surface area contributed by atoms with Crippen molar-refractivity contribution in [3.8, 4) is 0 Å². The summed E-state index contributed by atoms with van der Waals surface area (Å²) in [6.45, 7) is 1.72. The lowest BCUT2D eigenvalue weighted by molar-refractivity contribution is -0.148. The van der Waals surface area contributed by atoms with Crippen LogP contribution in [-0.4, -0.2) is 20.1 Å². The number of hydrogen-bond acceptors (Lipinski definition) is 5. The van der Waals surface area contributed by atoms with E-state index in [1.807, 2.05) is 30.3 Å². The van der Waals surface area contributed by atoms with E-state index in [4.69, 9.17) is 4.74 Å². The predicted octanol–water partition coefficient (Wildman–Crippen LogP) is 2.90. The average Bonchev–Trinajstić information content (AvgIpc) is 3.00. The van der Waals surface area contributed by atoms with Gasteiger partial charge in [0.15, 0.2) is 9.84 Å². The molecule has 2 rings (SSSR count). The fourth-order valence-corrected chi connectivity index (χ4v) is 4.44. The molecule has 2 aromatic rings. The molecule has 0 radical (unpaired) electrons. The van der Waals surface area contributed by atoms with Gasteiger partial charge in [0.1, 0.15) is 10.8 Å². The summed E-state index contributed by atoms with van der Waals surface area (Å²) in [5.74, 6) is -1.43. The molecule has 1 aromatic heterocycles. The lowest BCUT2D eigenvalue weighted by Gasteiger charge is -2.11. The van der Waals surface area contributed by atoms with Crippen LogP contribution in [0.3, 0.4) is 0 Å². The second-order valence-electron chi connectivity index (χ2n) is 4.71. The Labute approximate surface area is 128 Å². The Morgan fingerprint density at radius 1 is 1.19 bits per heavy atom. The van der Waals surface area contributed by atoms with Gasteiger partial charge in [-0.2, -0.15) is 0 Å². The van der Waals surface area contributed by atoms with E-state index >= 15 is 0 Å². The minimum atomic E-state index is -3.43. The number of sulfone groups is 1. The van der Waals surface area contributed by atoms with Crippen molar-refractivity contribution in [1.29, 1.82) is 0 Å². The highest BCUT2D eigenvalue weighted by Gasteiger charge is 2.25. The Morgan fingerprint density at radius 3 is 2.52 bits per heavy atom. The summed E-state index contributed by atoms with van der Waals surface area (Å²) in [6.07, 6.45) is 0. The van der Waals surface area contributed by atoms with Crippen LogP contribution in [0.25, 0.3) is 0 Å². The Bertz CT molecular complexity index is 676. The van der Waals surface area contributed by atoms with Crippen LogP contribution in [0.5, 0.6) is 0 Å². The van der Waals surface area contributed by atoms with Gasteiger partial charge in [-0.05, 0) is 17.0 Å². The minimum Gasteiger partial charge on any atom is -0.461 e. The lowest BCUT2D eigenvalue weighted by atomic mass is 10.2. The van der Waals surface area contributed by atoms with Gasteiger partial charge in [-0.25, -0.2) is 8.42 Å². The minimum absolute atomic E-state index is 0.156. The Morgan fingerprint density at radius 2 is 1.90 bits per heavy atom. The fraction of sp³-hybridized carbons (Fsp3) is 0.267. The molecule has 1 unspecified atom stereocenters. The first-order chi connectivity index (χ1) is 9.99. The number of rotatable bonds is 6. The zero-order valence-corrected chi connectivity index (χ0v) is 13.2. The average molecular weight is 324 g/mol. The molecule has 1 heterocycles. The summed E-state index contributed by atoms with van der Waals surface area (Å²) >= 11 is 1.15. The van der Waals surface area contributed by atoms with Crippen molar-refractivity contribution >= 4 is 27.1 Å². The third kappa shape index (κ3) is 4.41. The highest BCUT2D eigenvalue weighted by atomic mass is 32.2. The molecular formula is C15H16O4S2. The highest BCUT2D eigenvalue weighted by molar-refractivity contribution is 7.93. The van der Waals surface area contributed by atoms with E-state index in [-0.39, 0.29) is 16.6 Å². The van der Waals surface area contributed by atoms with Crippen molar-refractivity contribution in [2.24, 2.45) is 5.92 Å². The van der Waals surface area contributed by atoms with Crippen LogP contribution in [0.15, 0.2) is 52.1 Å². The summed E-state index contributed by atoms with van der Waals surface area (Å²) in [5, 5.41) is 1.70. The third-order valence-electron chi connectivity index (χ3n) is 2.90. The summed E-state index contributed by atoms with van der Waals surface area (Å²) in [4.78, 5) is 11.9. The van der Waals surface area contributed by atoms with E-state index in [1.165, 1.54) is 0 Å². The monoisotopic (exact) mass is 324 g/mol. The second kappa shape index (κ2) is 6.87. The van der Waals surface area contributed by atoms with Crippen molar-refractivity contribution in [1.82, 2.24) is 0 Å². The fourth-order valence-electron chi connectivity index (χ4n) is 1.79. The molecule has 0 aliphatic heterocycles. The van der Waals surface area contributed by atoms with Crippen LogP contribution in [0.1, 0.15) is 12.5 Å². The van der Waals surface area contributed by atoms with Crippen molar-refractivity contribution in [2.45, 2.75) is 17.7 Å². The third-order valence-corrected chi connectivity index (χ3v) is 6.30. The summed E-state index contributed by atoms with van der Waals surface area (Å²) in [7, 11) is -3.43. The normalized spacial score (nSPS) is 12.8. The van der Waals surface area contributed by atoms with Gasteiger partial charge >= 0.3 is 5.97 Å². The van der Waals surface area contributed by atoms with Crippen molar-refractivity contribution < 1.29 is 17.9 Å². The first-order valence-electron chi connectivity index (χ1n) is 6.46. The van der Waals surface area contributed by atoms with E-state index in [0.717, 1.165) is 16.9 Å². The zero-order valence-electron chi connectivity index (χ0n) is 11.6. The molecule has 0 spiro atoms. The predicted molar refractivity (Wildman–Crippen MR) is 81.8 cm³/mol. The van der Waals surface area contributed by atoms with E-state index in [0.29, 0.717) is 0 Å². The highest BCUT2D eigenvalue weighted by Crippen LogP contribution is 2.20. The molecule has 21 heavy (non-hydrogen) atoms. The van der Waals surface area contributed by atoms with Gasteiger partial charge in [0.25, 0.3) is 0 Å². The van der Waals surface area contributed by atoms with Crippen LogP contribution in [0.2, 0.25) is 0 Å². The lowest BCUT2D eigenvalue weighted by Crippen LogP contribution is -2.23. The zero-order chi connectivity index (χ0) is 15.3. The van der Waals surface area contributed by atoms with Gasteiger partial charge in [0, 0.05) is 0 Å². The maximum absolute atomic E-state index is 12.1. The quantitative estimate of drug-likeness (QED) is 0.767. The molecular weight excluding hydrogens is 308 g/mol. The molecule has 0 saturated heterocycles. The Kier molecular flexibility index (Phi) is 5.14. The van der Waals surface area contributed by atoms with Crippen molar-refractivity contribution in [3.05, 3.63) is 53.4 Å². The molecule has 0 amide bonds. The van der Waals surface area contributed by atoms with Gasteiger partial charge in [-0.15, -0.1) is 11.3 Å². The van der Waals surface area contributed by atoms with Gasteiger partial charge in [0.05, 0.1) is 11.7 Å². The molecule has 0 fully saturated rings. The van der Waals surface area contributed by atoms with Gasteiger partial charge in [-0.3, -0.25) is 4.79 Å². The standard InChI is InChI=1S/C15H16O4S2/c1-12(11-21(17,18)14-8-5-9-20-14)15(16)19-10-13-6-3-2-4-7-13/h2-9,12H,10-11H2,1H3. The summed E-state index contributed by atoms with van der Waals surface area (Å²) in [6, 6.07) is 12.5. The Balaban J connectivity index is 1.91. The van der Waals surface area contributed by atoms with Gasteiger partial charge in [0.2, 0.25) is 0 Å². The summed E-state index contributed by atoms with van der Waals surface area (Å²) < 4.78 is 29.6. The molecule has 112 valence electrons. The molecule has 0 bridgehead atoms. The molecule has 1 atom stereocenters. The first-order valence-corrected chi connectivity index (χ1v) is 8.99. The first kappa shape index (κ1) is 15.7. The Hall–Kier alpha value is -1.66. The molecule has 1 aromatic carbocycles. The molecule has 6 heteroatoms. The number of ether oxygens (including phenoxy) is 1. The maximum Gasteiger partial charge on any atom is 0.310 e. The SMILES string of the molecule is CC(CS(=O)(=O)c1cccs1)C(=O)OCc1ccccc1. The van der Waals surface area contributed by atoms with Gasteiger partial charge in [-0.1, -0.05) is 43.3 Å². The second-order valence-corrected chi connectivity index (χ2v) is 7.92. The molecule has 0 N–H and O–H groups in total. The van der Waals surface area contributed by atoms with Crippen LogP contribution < -0.4 is 0 Å². The maximum atomic E-state index is 12.1. The van der Waals surface area contributed by atoms with E-state index in [2.05, 4.69) is 0 Å². The smallest absolute Gasteiger partial charge is 0.310 e. The van der Waals surface area contributed by atoms with E-state index in [1.54, 1.807) is 24.4 Å². The number of esters is 1. The largest absolute Gasteiger partial charge is 0.461 e. The number of thiophene rings is 1. The number of carbonyl (C=O) groups excluding carboxylic acids is 1. The topological polar surface area (TPSA) is 60.4 Å². The number of hydrogen-bond donors (Lipinski definition) is 0. The van der Waals surface area contributed by atoms with Crippen molar-refractivity contribution in [3.63, 3.8) is 0 Å². The number of carbonyl (C=O) groups is 1. The van der Waals surface area contributed by atoms with E-state index < -0.39 is 21.7 Å². The van der Waals surface area contributed by atoms with Gasteiger partial charge < -0.3 is 4.74 Å². The van der Waals surface area contributed by atoms with Crippen LogP contribution >= 0.6 is 11.3 Å². The molecule has 0 aliphatic rings. The van der Waals surface area contributed by atoms with E-state index in [9.17, 15) is 13.2 Å². The molecule has 0 saturated carbocycles. The molecule has 0 aliphatic carbocycles. The van der Waals surface area contributed by atoms with Crippen LogP contribution in [0.4, 0.5) is 0 Å². The van der Waals surface area contributed by atoms with Crippen LogP contribution in [0, 0.1) is 5.92 Å². The molecule has 4 nitrogen and oxygen atoms in total. The number of benzene rings is 1.